The quantitative estimate of drug-likeness (QED) is 0.183. The number of nitrogens with two attached hydrogens (primary N) is 3. The van der Waals surface area contributed by atoms with Gasteiger partial charge in [-0.3, -0.25) is 0 Å². The van der Waals surface area contributed by atoms with E-state index in [0.29, 0.717) is 0 Å². The first-order valence-electron chi connectivity index (χ1n) is 6.55. The molecule has 0 bridgehead atoms. The van der Waals surface area contributed by atoms with Gasteiger partial charge in [0.25, 0.3) is 0 Å². The Morgan fingerprint density at radius 2 is 1.95 bits per heavy atom. The van der Waals surface area contributed by atoms with Gasteiger partial charge >= 0.3 is 0 Å². The van der Waals surface area contributed by atoms with E-state index in [2.05, 4.69) is 18.2 Å². The first-order valence-corrected chi connectivity index (χ1v) is 6.55. The maximum absolute atomic E-state index is 10.1. The Labute approximate surface area is 128 Å². The molecule has 5 atom stereocenters. The second-order valence-electron chi connectivity index (χ2n) is 4.84. The van der Waals surface area contributed by atoms with Crippen LogP contribution in [0.1, 0.15) is 6.92 Å². The third-order valence-electron chi connectivity index (χ3n) is 3.25. The first kappa shape index (κ1) is 18.0. The summed E-state index contributed by atoms with van der Waals surface area (Å²) in [5.41, 5.74) is 16.7. The van der Waals surface area contributed by atoms with Crippen molar-refractivity contribution >= 4 is 6.34 Å². The number of aliphatic imine (C=N–C) groups is 1. The highest BCUT2D eigenvalue weighted by atomic mass is 16.6. The number of aliphatic hydroxyl groups is 3. The Balaban J connectivity index is 3.22. The van der Waals surface area contributed by atoms with Crippen LogP contribution in [0.15, 0.2) is 41.6 Å². The van der Waals surface area contributed by atoms with Crippen molar-refractivity contribution in [1.82, 2.24) is 4.90 Å². The summed E-state index contributed by atoms with van der Waals surface area (Å²) in [6, 6.07) is 0. The second kappa shape index (κ2) is 7.27. The molecule has 1 heterocycles. The average Bonchev–Trinajstić information content (AvgIpc) is 2.75. The highest BCUT2D eigenvalue weighted by Crippen LogP contribution is 2.29. The zero-order valence-electron chi connectivity index (χ0n) is 12.3. The van der Waals surface area contributed by atoms with E-state index in [1.807, 2.05) is 0 Å². The summed E-state index contributed by atoms with van der Waals surface area (Å²) in [5, 5.41) is 29.7. The topological polar surface area (TPSA) is 164 Å². The smallest absolute Gasteiger partial charge is 0.164 e. The number of rotatable bonds is 6. The van der Waals surface area contributed by atoms with Crippen LogP contribution in [0.2, 0.25) is 0 Å². The molecule has 0 unspecified atom stereocenters. The molecule has 1 rings (SSSR count). The molecule has 124 valence electrons. The fourth-order valence-corrected chi connectivity index (χ4v) is 2.11. The summed E-state index contributed by atoms with van der Waals surface area (Å²) >= 11 is 0. The van der Waals surface area contributed by atoms with Crippen LogP contribution in [-0.2, 0) is 4.74 Å². The number of nitrogens with zero attached hydrogens (tertiary/aromatic N) is 2. The summed E-state index contributed by atoms with van der Waals surface area (Å²) in [5.74, 6) is 0.0486. The molecule has 0 amide bonds. The van der Waals surface area contributed by atoms with E-state index in [9.17, 15) is 15.3 Å². The van der Waals surface area contributed by atoms with Gasteiger partial charge in [-0.05, 0) is 6.92 Å². The van der Waals surface area contributed by atoms with E-state index in [1.54, 1.807) is 0 Å². The minimum Gasteiger partial charge on any atom is -0.397 e. The van der Waals surface area contributed by atoms with Gasteiger partial charge in [-0.2, -0.15) is 0 Å². The van der Waals surface area contributed by atoms with Crippen LogP contribution in [0, 0.1) is 0 Å². The van der Waals surface area contributed by atoms with Crippen molar-refractivity contribution in [3.63, 3.8) is 0 Å². The summed E-state index contributed by atoms with van der Waals surface area (Å²) in [6.07, 6.45) is -3.42. The van der Waals surface area contributed by atoms with Crippen molar-refractivity contribution in [1.29, 1.82) is 0 Å². The van der Waals surface area contributed by atoms with Crippen molar-refractivity contribution in [3.05, 3.63) is 36.6 Å². The van der Waals surface area contributed by atoms with E-state index in [0.717, 1.165) is 6.34 Å². The van der Waals surface area contributed by atoms with Crippen LogP contribution < -0.4 is 17.2 Å². The molecule has 1 fully saturated rings. The Kier molecular flexibility index (Phi) is 5.94. The lowest BCUT2D eigenvalue weighted by Crippen LogP contribution is -2.42. The van der Waals surface area contributed by atoms with Gasteiger partial charge in [0, 0.05) is 6.20 Å². The Bertz CT molecular complexity index is 491. The Morgan fingerprint density at radius 1 is 1.36 bits per heavy atom. The van der Waals surface area contributed by atoms with Gasteiger partial charge in [0.05, 0.1) is 23.8 Å². The van der Waals surface area contributed by atoms with Gasteiger partial charge in [-0.25, -0.2) is 4.99 Å². The molecule has 22 heavy (non-hydrogen) atoms. The molecule has 1 saturated heterocycles. The Hall–Kier alpha value is -2.07. The minimum atomic E-state index is -1.33. The molecule has 9 nitrogen and oxygen atoms in total. The van der Waals surface area contributed by atoms with Gasteiger partial charge < -0.3 is 42.2 Å². The van der Waals surface area contributed by atoms with Crippen molar-refractivity contribution in [3.8, 4) is 0 Å². The molecular formula is C13H23N5O4. The van der Waals surface area contributed by atoms with Gasteiger partial charge in [-0.1, -0.05) is 13.2 Å². The molecule has 1 aliphatic rings. The molecule has 0 aromatic heterocycles. The van der Waals surface area contributed by atoms with Crippen LogP contribution in [0.4, 0.5) is 0 Å². The summed E-state index contributed by atoms with van der Waals surface area (Å²) in [7, 11) is 0. The highest BCUT2D eigenvalue weighted by molar-refractivity contribution is 5.54. The predicted molar refractivity (Wildman–Crippen MR) is 81.6 cm³/mol. The molecule has 0 saturated carbocycles. The van der Waals surface area contributed by atoms with E-state index in [-0.39, 0.29) is 17.2 Å². The molecule has 0 radical (unpaired) electrons. The van der Waals surface area contributed by atoms with E-state index in [4.69, 9.17) is 21.9 Å². The number of hydrogen-bond donors (Lipinski definition) is 6. The first-order chi connectivity index (χ1) is 10.3. The minimum absolute atomic E-state index is 0.00684. The third-order valence-corrected chi connectivity index (χ3v) is 3.25. The van der Waals surface area contributed by atoms with Crippen LogP contribution in [0.25, 0.3) is 0 Å². The zero-order chi connectivity index (χ0) is 17.0. The lowest BCUT2D eigenvalue weighted by Gasteiger charge is -2.30. The number of hydrogen-bond acceptors (Lipinski definition) is 8. The van der Waals surface area contributed by atoms with E-state index < -0.39 is 30.6 Å². The normalized spacial score (nSPS) is 30.9. The molecule has 9 N–H and O–H groups in total. The monoisotopic (exact) mass is 313 g/mol. The van der Waals surface area contributed by atoms with Gasteiger partial charge in [0.1, 0.15) is 18.3 Å². The molecule has 0 aromatic carbocycles. The van der Waals surface area contributed by atoms with Crippen LogP contribution >= 0.6 is 0 Å². The van der Waals surface area contributed by atoms with Gasteiger partial charge in [-0.15, -0.1) is 0 Å². The summed E-state index contributed by atoms with van der Waals surface area (Å²) in [6.45, 7) is 8.54. The van der Waals surface area contributed by atoms with Crippen molar-refractivity contribution < 1.29 is 20.1 Å². The lowest BCUT2D eigenvalue weighted by atomic mass is 10.1. The zero-order valence-corrected chi connectivity index (χ0v) is 12.3. The van der Waals surface area contributed by atoms with Crippen molar-refractivity contribution in [2.75, 3.05) is 0 Å². The molecular weight excluding hydrogens is 290 g/mol. The van der Waals surface area contributed by atoms with Crippen molar-refractivity contribution in [2.24, 2.45) is 22.2 Å². The number of ether oxygens (including phenoxy) is 1. The largest absolute Gasteiger partial charge is 0.397 e. The molecule has 1 aliphatic heterocycles. The average molecular weight is 313 g/mol. The van der Waals surface area contributed by atoms with E-state index in [1.165, 1.54) is 18.0 Å². The fraction of sp³-hybridized carbons (Fsp3) is 0.462. The van der Waals surface area contributed by atoms with Crippen molar-refractivity contribution in [2.45, 2.75) is 37.6 Å². The summed E-state index contributed by atoms with van der Waals surface area (Å²) in [4.78, 5) is 5.13. The van der Waals surface area contributed by atoms with Gasteiger partial charge in [0.2, 0.25) is 0 Å². The Morgan fingerprint density at radius 3 is 2.32 bits per heavy atom. The standard InChI is InChI=1S/C13H23N5O4/c1-4-18(12(17-5-14)8(16)6(2)15)13-10(21)9(20)11(22-13)7(3)19/h4-5,7,9-11,13,19-21H,1-2,15-16H2,3H3,(H2,14,17)/b12-8-/t7-,9+,10-,11-,13-/m1/s1. The van der Waals surface area contributed by atoms with Gasteiger partial charge in [0.15, 0.2) is 12.0 Å². The lowest BCUT2D eigenvalue weighted by molar-refractivity contribution is -0.0899. The maximum atomic E-state index is 10.1. The predicted octanol–water partition coefficient (Wildman–Crippen LogP) is -2.15. The molecule has 9 heteroatoms. The van der Waals surface area contributed by atoms with E-state index >= 15 is 0 Å². The second-order valence-corrected chi connectivity index (χ2v) is 4.84. The molecule has 0 spiro atoms. The third kappa shape index (κ3) is 3.39. The number of aliphatic hydroxyl groups excluding tert-OH is 3. The summed E-state index contributed by atoms with van der Waals surface area (Å²) < 4.78 is 5.49. The van der Waals surface area contributed by atoms with Crippen LogP contribution in [0.3, 0.4) is 0 Å². The molecule has 0 aliphatic carbocycles. The van der Waals surface area contributed by atoms with Crippen LogP contribution in [0.5, 0.6) is 0 Å². The van der Waals surface area contributed by atoms with Crippen LogP contribution in [-0.4, -0.2) is 57.2 Å². The SMILES string of the molecule is C=CN(C(/N=C\N)=C(\N)C(=C)N)[C@@H]1O[C@H]([C@@H](C)O)[C@@H](O)[C@H]1O. The maximum Gasteiger partial charge on any atom is 0.164 e. The highest BCUT2D eigenvalue weighted by Gasteiger charge is 2.47. The fourth-order valence-electron chi connectivity index (χ4n) is 2.11. The molecule has 0 aromatic rings.